The molecule has 0 aliphatic rings. The molecule has 0 unspecified atom stereocenters. The van der Waals surface area contributed by atoms with Crippen LogP contribution in [0.25, 0.3) is 0 Å². The number of nitro groups is 1. The van der Waals surface area contributed by atoms with Crippen LogP contribution in [0.15, 0.2) is 42.7 Å². The van der Waals surface area contributed by atoms with Crippen molar-refractivity contribution in [2.45, 2.75) is 13.0 Å². The summed E-state index contributed by atoms with van der Waals surface area (Å²) in [6.07, 6.45) is 3.05. The highest BCUT2D eigenvalue weighted by molar-refractivity contribution is 5.94. The van der Waals surface area contributed by atoms with Crippen LogP contribution in [-0.4, -0.2) is 23.0 Å². The lowest BCUT2D eigenvalue weighted by atomic mass is 10.2. The second-order valence-corrected chi connectivity index (χ2v) is 4.82. The molecule has 1 aromatic heterocycles. The van der Waals surface area contributed by atoms with Gasteiger partial charge in [0.05, 0.1) is 17.7 Å². The number of carbonyl (C=O) groups is 1. The summed E-state index contributed by atoms with van der Waals surface area (Å²) in [5.41, 5.74) is 0.0538. The molecule has 1 aromatic carbocycles. The van der Waals surface area contributed by atoms with E-state index in [1.807, 2.05) is 0 Å². The lowest BCUT2D eigenvalue weighted by Crippen LogP contribution is -2.43. The van der Waals surface area contributed by atoms with E-state index in [1.165, 1.54) is 42.1 Å². The minimum Gasteiger partial charge on any atom is -0.503 e. The maximum absolute atomic E-state index is 12.3. The monoisotopic (exact) mass is 318 g/mol. The van der Waals surface area contributed by atoms with E-state index in [4.69, 9.17) is 4.74 Å². The number of pyridine rings is 1. The second kappa shape index (κ2) is 6.73. The molecule has 1 atom stereocenters. The fraction of sp³-hybridized carbons (Fsp3) is 0.200. The highest BCUT2D eigenvalue weighted by Gasteiger charge is 2.24. The number of ether oxygens (including phenoxy) is 1. The van der Waals surface area contributed by atoms with Crippen LogP contribution >= 0.6 is 0 Å². The van der Waals surface area contributed by atoms with E-state index >= 15 is 0 Å². The molecule has 2 N–H and O–H groups in total. The van der Waals surface area contributed by atoms with Gasteiger partial charge in [0.15, 0.2) is 11.9 Å². The molecule has 1 heterocycles. The zero-order valence-electron chi connectivity index (χ0n) is 12.6. The maximum atomic E-state index is 12.3. The number of nitrogens with zero attached hydrogens (tertiary/aromatic N) is 2. The summed E-state index contributed by atoms with van der Waals surface area (Å²) in [7, 11) is 1.41. The molecule has 0 spiro atoms. The summed E-state index contributed by atoms with van der Waals surface area (Å²) in [6, 6.07) is 6.40. The third-order valence-electron chi connectivity index (χ3n) is 3.28. The number of hydrogen-bond acceptors (Lipinski definition) is 5. The fourth-order valence-corrected chi connectivity index (χ4v) is 2.00. The van der Waals surface area contributed by atoms with Gasteiger partial charge >= 0.3 is 0 Å². The van der Waals surface area contributed by atoms with E-state index < -0.39 is 16.9 Å². The van der Waals surface area contributed by atoms with Crippen molar-refractivity contribution in [2.24, 2.45) is 0 Å². The average molecular weight is 318 g/mol. The molecule has 23 heavy (non-hydrogen) atoms. The number of amides is 1. The van der Waals surface area contributed by atoms with Crippen LogP contribution in [0.5, 0.6) is 11.5 Å². The number of nitrogens with one attached hydrogen (secondary N) is 1. The minimum absolute atomic E-state index is 0.0279. The van der Waals surface area contributed by atoms with Gasteiger partial charge in [-0.2, -0.15) is 4.57 Å². The molecule has 8 nitrogen and oxygen atoms in total. The first-order valence-electron chi connectivity index (χ1n) is 6.75. The first-order valence-corrected chi connectivity index (χ1v) is 6.75. The lowest BCUT2D eigenvalue weighted by Gasteiger charge is -2.11. The third-order valence-corrected chi connectivity index (χ3v) is 3.28. The number of rotatable bonds is 5. The van der Waals surface area contributed by atoms with E-state index in [2.05, 4.69) is 5.32 Å². The van der Waals surface area contributed by atoms with Gasteiger partial charge in [-0.15, -0.1) is 0 Å². The van der Waals surface area contributed by atoms with Crippen molar-refractivity contribution >= 4 is 17.3 Å². The van der Waals surface area contributed by atoms with Gasteiger partial charge in [0, 0.05) is 25.1 Å². The van der Waals surface area contributed by atoms with E-state index in [9.17, 15) is 20.0 Å². The number of aromatic nitrogens is 1. The SMILES string of the molecule is COc1ccc([N+](=O)[O-])cc1NC(=O)[C@H](C)[n+]1cccc(O)c1. The topological polar surface area (TPSA) is 106 Å². The van der Waals surface area contributed by atoms with Gasteiger partial charge in [0.25, 0.3) is 11.6 Å². The van der Waals surface area contributed by atoms with Crippen molar-refractivity contribution in [3.63, 3.8) is 0 Å². The molecule has 0 saturated heterocycles. The van der Waals surface area contributed by atoms with Crippen LogP contribution in [0, 0.1) is 10.1 Å². The highest BCUT2D eigenvalue weighted by atomic mass is 16.6. The summed E-state index contributed by atoms with van der Waals surface area (Å²) in [5, 5.41) is 22.9. The minimum atomic E-state index is -0.633. The van der Waals surface area contributed by atoms with Gasteiger partial charge in [0.2, 0.25) is 12.2 Å². The first kappa shape index (κ1) is 16.2. The molecule has 0 fully saturated rings. The predicted molar refractivity (Wildman–Crippen MR) is 81.3 cm³/mol. The van der Waals surface area contributed by atoms with Gasteiger partial charge in [-0.05, 0) is 12.1 Å². The first-order chi connectivity index (χ1) is 10.9. The van der Waals surface area contributed by atoms with E-state index in [0.29, 0.717) is 5.75 Å². The zero-order chi connectivity index (χ0) is 17.0. The second-order valence-electron chi connectivity index (χ2n) is 4.82. The van der Waals surface area contributed by atoms with Gasteiger partial charge in [-0.3, -0.25) is 14.9 Å². The molecular weight excluding hydrogens is 302 g/mol. The quantitative estimate of drug-likeness (QED) is 0.497. The number of aromatic hydroxyl groups is 1. The molecule has 0 bridgehead atoms. The van der Waals surface area contributed by atoms with Crippen LogP contribution in [0.4, 0.5) is 11.4 Å². The van der Waals surface area contributed by atoms with E-state index in [-0.39, 0.29) is 17.1 Å². The molecule has 8 heteroatoms. The molecule has 0 aliphatic heterocycles. The van der Waals surface area contributed by atoms with Crippen molar-refractivity contribution in [1.82, 2.24) is 0 Å². The van der Waals surface area contributed by atoms with Crippen molar-refractivity contribution in [1.29, 1.82) is 0 Å². The normalized spacial score (nSPS) is 11.6. The lowest BCUT2D eigenvalue weighted by molar-refractivity contribution is -0.705. The molecule has 2 rings (SSSR count). The number of carbonyl (C=O) groups excluding carboxylic acids is 1. The Balaban J connectivity index is 2.25. The van der Waals surface area contributed by atoms with Crippen molar-refractivity contribution in [3.8, 4) is 11.5 Å². The molecule has 0 radical (unpaired) electrons. The smallest absolute Gasteiger partial charge is 0.293 e. The van der Waals surface area contributed by atoms with E-state index in [1.54, 1.807) is 19.2 Å². The molecule has 1 amide bonds. The maximum Gasteiger partial charge on any atom is 0.293 e. The molecule has 120 valence electrons. The van der Waals surface area contributed by atoms with Gasteiger partial charge in [-0.25, -0.2) is 0 Å². The molecule has 0 saturated carbocycles. The summed E-state index contributed by atoms with van der Waals surface area (Å²) >= 11 is 0. The van der Waals surface area contributed by atoms with Crippen LogP contribution in [-0.2, 0) is 4.79 Å². The Morgan fingerprint density at radius 2 is 2.17 bits per heavy atom. The Bertz CT molecular complexity index is 748. The van der Waals surface area contributed by atoms with Crippen molar-refractivity contribution in [2.75, 3.05) is 12.4 Å². The largest absolute Gasteiger partial charge is 0.503 e. The number of benzene rings is 1. The van der Waals surface area contributed by atoms with Crippen molar-refractivity contribution < 1.29 is 24.1 Å². The molecule has 2 aromatic rings. The number of hydrogen-bond donors (Lipinski definition) is 2. The Kier molecular flexibility index (Phi) is 4.75. The van der Waals surface area contributed by atoms with Crippen LogP contribution in [0.1, 0.15) is 13.0 Å². The standard InChI is InChI=1S/C15H15N3O5/c1-10(17-7-3-4-12(19)9-17)15(20)16-13-8-11(18(21)22)5-6-14(13)23-2/h3-10H,1-2H3,(H-,16,19,20)/p+1/t10-/m0/s1. The van der Waals surface area contributed by atoms with Crippen LogP contribution in [0.3, 0.4) is 0 Å². The summed E-state index contributed by atoms with van der Waals surface area (Å²) < 4.78 is 6.62. The molecular formula is C15H16N3O5+. The predicted octanol–water partition coefficient (Wildman–Crippen LogP) is 1.80. The Hall–Kier alpha value is -3.16. The highest BCUT2D eigenvalue weighted by Crippen LogP contribution is 2.29. The molecule has 0 aliphatic carbocycles. The average Bonchev–Trinajstić information content (AvgIpc) is 2.53. The Morgan fingerprint density at radius 1 is 1.43 bits per heavy atom. The Morgan fingerprint density at radius 3 is 2.78 bits per heavy atom. The van der Waals surface area contributed by atoms with Gasteiger partial charge in [0.1, 0.15) is 5.75 Å². The summed E-state index contributed by atoms with van der Waals surface area (Å²) in [5.74, 6) is -0.0588. The van der Waals surface area contributed by atoms with E-state index in [0.717, 1.165) is 0 Å². The zero-order valence-corrected chi connectivity index (χ0v) is 12.6. The Labute approximate surface area is 132 Å². The van der Waals surface area contributed by atoms with Gasteiger partial charge < -0.3 is 15.2 Å². The van der Waals surface area contributed by atoms with Crippen molar-refractivity contribution in [3.05, 3.63) is 52.8 Å². The van der Waals surface area contributed by atoms with Gasteiger partial charge in [-0.1, -0.05) is 0 Å². The number of anilines is 1. The summed E-state index contributed by atoms with van der Waals surface area (Å²) in [6.45, 7) is 1.64. The summed E-state index contributed by atoms with van der Waals surface area (Å²) in [4.78, 5) is 22.6. The fourth-order valence-electron chi connectivity index (χ4n) is 2.00. The number of nitro benzene ring substituents is 1. The number of non-ortho nitro benzene ring substituents is 1. The number of methoxy groups -OCH3 is 1. The third kappa shape index (κ3) is 3.73. The van der Waals surface area contributed by atoms with Crippen LogP contribution < -0.4 is 14.6 Å². The van der Waals surface area contributed by atoms with Crippen LogP contribution in [0.2, 0.25) is 0 Å².